The van der Waals surface area contributed by atoms with Crippen molar-refractivity contribution in [3.05, 3.63) is 50.6 Å². The fourth-order valence-electron chi connectivity index (χ4n) is 2.95. The molecule has 1 unspecified atom stereocenters. The largest absolute Gasteiger partial charge is 0.465 e. The zero-order valence-electron chi connectivity index (χ0n) is 13.9. The molecule has 3 rings (SSSR count). The lowest BCUT2D eigenvalue weighted by Gasteiger charge is -2.22. The molecule has 1 amide bonds. The lowest BCUT2D eigenvalue weighted by Crippen LogP contribution is -2.43. The Balaban J connectivity index is 1.92. The molecule has 0 saturated carbocycles. The van der Waals surface area contributed by atoms with Crippen molar-refractivity contribution in [2.24, 2.45) is 0 Å². The minimum absolute atomic E-state index is 0.193. The Hall–Kier alpha value is -2.03. The normalized spacial score (nSPS) is 18.7. The Kier molecular flexibility index (Phi) is 5.27. The second-order valence-electron chi connectivity index (χ2n) is 5.78. The maximum Gasteiger partial charge on any atom is 0.326 e. The fraction of sp³-hybridized carbons (Fsp3) is 0.278. The van der Waals surface area contributed by atoms with E-state index >= 15 is 0 Å². The van der Waals surface area contributed by atoms with Crippen LogP contribution in [0.25, 0.3) is 0 Å². The molecule has 0 aliphatic carbocycles. The van der Waals surface area contributed by atoms with Gasteiger partial charge in [-0.2, -0.15) is 0 Å². The number of benzene rings is 1. The van der Waals surface area contributed by atoms with Crippen molar-refractivity contribution in [3.63, 3.8) is 0 Å². The number of hydrogen-bond acceptors (Lipinski definition) is 6. The van der Waals surface area contributed by atoms with E-state index in [1.807, 2.05) is 0 Å². The summed E-state index contributed by atoms with van der Waals surface area (Å²) >= 11 is 4.53. The second kappa shape index (κ2) is 7.30. The molecular weight excluding hydrogens is 422 g/mol. The van der Waals surface area contributed by atoms with Crippen molar-refractivity contribution >= 4 is 50.6 Å². The summed E-state index contributed by atoms with van der Waals surface area (Å²) < 4.78 is 5.69. The molecule has 1 aliphatic rings. The van der Waals surface area contributed by atoms with Crippen molar-refractivity contribution in [2.75, 3.05) is 18.1 Å². The van der Waals surface area contributed by atoms with Crippen LogP contribution in [0.2, 0.25) is 0 Å². The number of rotatable bonds is 6. The molecule has 26 heavy (non-hydrogen) atoms. The van der Waals surface area contributed by atoms with Crippen molar-refractivity contribution in [2.45, 2.75) is 18.9 Å². The van der Waals surface area contributed by atoms with Crippen LogP contribution < -0.4 is 4.90 Å². The number of carbonyl (C=O) groups excluding carboxylic acids is 3. The number of Topliss-reactive ketones (excluding diaryl/α,β-unsaturated/α-hetero) is 1. The maximum absolute atomic E-state index is 12.9. The first kappa shape index (κ1) is 18.8. The SMILES string of the molecule is CCOC(=O)CN1C(=O)C(O)(CC(=O)c2ccc(Br)s2)c2ccccc21. The first-order valence-corrected chi connectivity index (χ1v) is 9.55. The molecule has 1 aromatic carbocycles. The van der Waals surface area contributed by atoms with Crippen LogP contribution in [-0.2, 0) is 19.9 Å². The van der Waals surface area contributed by atoms with E-state index in [0.29, 0.717) is 16.1 Å². The molecule has 6 nitrogen and oxygen atoms in total. The number of thiophene rings is 1. The highest BCUT2D eigenvalue weighted by atomic mass is 79.9. The molecule has 1 atom stereocenters. The molecule has 1 N–H and O–H groups in total. The van der Waals surface area contributed by atoms with Crippen LogP contribution in [0, 0.1) is 0 Å². The Morgan fingerprint density at radius 3 is 2.65 bits per heavy atom. The lowest BCUT2D eigenvalue weighted by atomic mass is 9.89. The maximum atomic E-state index is 12.9. The molecule has 1 aromatic heterocycles. The van der Waals surface area contributed by atoms with Crippen LogP contribution in [-0.4, -0.2) is 35.9 Å². The van der Waals surface area contributed by atoms with Gasteiger partial charge in [0.25, 0.3) is 5.91 Å². The average Bonchev–Trinajstić information content (AvgIpc) is 3.12. The number of para-hydroxylation sites is 1. The number of anilines is 1. The van der Waals surface area contributed by atoms with Crippen LogP contribution in [0.15, 0.2) is 40.2 Å². The summed E-state index contributed by atoms with van der Waals surface area (Å²) in [5.74, 6) is -1.62. The van der Waals surface area contributed by atoms with Crippen molar-refractivity contribution in [1.29, 1.82) is 0 Å². The van der Waals surface area contributed by atoms with Gasteiger partial charge in [0.1, 0.15) is 6.54 Å². The number of fused-ring (bicyclic) bond motifs is 1. The van der Waals surface area contributed by atoms with Crippen LogP contribution >= 0.6 is 27.3 Å². The Morgan fingerprint density at radius 2 is 2.00 bits per heavy atom. The minimum atomic E-state index is -2.00. The van der Waals surface area contributed by atoms with Crippen LogP contribution in [0.5, 0.6) is 0 Å². The third-order valence-electron chi connectivity index (χ3n) is 4.10. The van der Waals surface area contributed by atoms with E-state index < -0.39 is 23.9 Å². The molecule has 1 aliphatic heterocycles. The summed E-state index contributed by atoms with van der Waals surface area (Å²) in [4.78, 5) is 38.9. The zero-order valence-corrected chi connectivity index (χ0v) is 16.3. The van der Waals surface area contributed by atoms with Gasteiger partial charge in [0, 0.05) is 5.56 Å². The predicted molar refractivity (Wildman–Crippen MR) is 100 cm³/mol. The highest BCUT2D eigenvalue weighted by Gasteiger charge is 2.51. The van der Waals surface area contributed by atoms with Gasteiger partial charge in [0.15, 0.2) is 11.4 Å². The number of aliphatic hydroxyl groups is 1. The first-order chi connectivity index (χ1) is 12.4. The summed E-state index contributed by atoms with van der Waals surface area (Å²) in [5.41, 5.74) is -1.28. The monoisotopic (exact) mass is 437 g/mol. The average molecular weight is 438 g/mol. The highest BCUT2D eigenvalue weighted by molar-refractivity contribution is 9.11. The van der Waals surface area contributed by atoms with Crippen LogP contribution in [0.1, 0.15) is 28.6 Å². The second-order valence-corrected chi connectivity index (χ2v) is 8.24. The first-order valence-electron chi connectivity index (χ1n) is 7.95. The summed E-state index contributed by atoms with van der Waals surface area (Å²) in [6.45, 7) is 1.55. The summed E-state index contributed by atoms with van der Waals surface area (Å²) in [5, 5.41) is 11.1. The standard InChI is InChI=1S/C18H16BrNO5S/c1-2-25-16(22)10-20-12-6-4-3-5-11(12)18(24,17(20)23)9-13(21)14-7-8-15(19)26-14/h3-8,24H,2,9-10H2,1H3. The Morgan fingerprint density at radius 1 is 1.27 bits per heavy atom. The third kappa shape index (κ3) is 3.32. The van der Waals surface area contributed by atoms with Crippen molar-refractivity contribution < 1.29 is 24.2 Å². The quantitative estimate of drug-likeness (QED) is 0.554. The Bertz CT molecular complexity index is 880. The molecule has 2 aromatic rings. The van der Waals surface area contributed by atoms with E-state index in [0.717, 1.165) is 3.79 Å². The van der Waals surface area contributed by atoms with E-state index in [-0.39, 0.29) is 18.9 Å². The molecule has 0 bridgehead atoms. The van der Waals surface area contributed by atoms with Crippen LogP contribution in [0.3, 0.4) is 0 Å². The molecule has 8 heteroatoms. The number of hydrogen-bond donors (Lipinski definition) is 1. The number of esters is 1. The predicted octanol–water partition coefficient (Wildman–Crippen LogP) is 2.88. The van der Waals surface area contributed by atoms with E-state index in [4.69, 9.17) is 4.74 Å². The Labute approximate surface area is 162 Å². The number of amides is 1. The van der Waals surface area contributed by atoms with Gasteiger partial charge >= 0.3 is 5.97 Å². The van der Waals surface area contributed by atoms with Gasteiger partial charge in [-0.25, -0.2) is 0 Å². The van der Waals surface area contributed by atoms with E-state index in [1.165, 1.54) is 16.2 Å². The molecule has 2 heterocycles. The summed E-state index contributed by atoms with van der Waals surface area (Å²) in [6, 6.07) is 9.99. The van der Waals surface area contributed by atoms with Gasteiger partial charge in [-0.3, -0.25) is 19.3 Å². The van der Waals surface area contributed by atoms with E-state index in [9.17, 15) is 19.5 Å². The smallest absolute Gasteiger partial charge is 0.326 e. The zero-order chi connectivity index (χ0) is 18.9. The van der Waals surface area contributed by atoms with Gasteiger partial charge in [-0.05, 0) is 41.1 Å². The molecule has 0 saturated heterocycles. The molecule has 0 fully saturated rings. The summed E-state index contributed by atoms with van der Waals surface area (Å²) in [7, 11) is 0. The van der Waals surface area contributed by atoms with Gasteiger partial charge in [0.2, 0.25) is 0 Å². The fourth-order valence-corrected chi connectivity index (χ4v) is 4.28. The van der Waals surface area contributed by atoms with E-state index in [1.54, 1.807) is 43.3 Å². The molecule has 0 radical (unpaired) electrons. The highest BCUT2D eigenvalue weighted by Crippen LogP contribution is 2.43. The van der Waals surface area contributed by atoms with Gasteiger partial charge in [-0.1, -0.05) is 18.2 Å². The molecule has 0 spiro atoms. The number of ketones is 1. The minimum Gasteiger partial charge on any atom is -0.465 e. The van der Waals surface area contributed by atoms with Crippen molar-refractivity contribution in [1.82, 2.24) is 0 Å². The number of carbonyl (C=O) groups is 3. The van der Waals surface area contributed by atoms with Crippen molar-refractivity contribution in [3.8, 4) is 0 Å². The third-order valence-corrected chi connectivity index (χ3v) is 5.76. The molecule has 136 valence electrons. The lowest BCUT2D eigenvalue weighted by molar-refractivity contribution is -0.144. The van der Waals surface area contributed by atoms with Gasteiger partial charge in [0.05, 0.1) is 27.4 Å². The number of halogens is 1. The van der Waals surface area contributed by atoms with Crippen LogP contribution in [0.4, 0.5) is 5.69 Å². The summed E-state index contributed by atoms with van der Waals surface area (Å²) in [6.07, 6.45) is -0.394. The number of nitrogens with zero attached hydrogens (tertiary/aromatic N) is 1. The molecular formula is C18H16BrNO5S. The topological polar surface area (TPSA) is 83.9 Å². The van der Waals surface area contributed by atoms with Gasteiger partial charge < -0.3 is 9.84 Å². The number of ether oxygens (including phenoxy) is 1. The van der Waals surface area contributed by atoms with Gasteiger partial charge in [-0.15, -0.1) is 11.3 Å². The van der Waals surface area contributed by atoms with E-state index in [2.05, 4.69) is 15.9 Å².